The van der Waals surface area contributed by atoms with E-state index in [1.54, 1.807) is 4.90 Å². The van der Waals surface area contributed by atoms with Crippen molar-refractivity contribution in [1.82, 2.24) is 10.2 Å². The summed E-state index contributed by atoms with van der Waals surface area (Å²) in [6.45, 7) is 6.36. The second-order valence-electron chi connectivity index (χ2n) is 6.42. The van der Waals surface area contributed by atoms with Gasteiger partial charge in [-0.2, -0.15) is 0 Å². The van der Waals surface area contributed by atoms with Crippen LogP contribution in [0.3, 0.4) is 0 Å². The molecule has 2 amide bonds. The van der Waals surface area contributed by atoms with Crippen LogP contribution in [0.15, 0.2) is 0 Å². The zero-order valence-corrected chi connectivity index (χ0v) is 12.2. The number of amides is 2. The highest BCUT2D eigenvalue weighted by molar-refractivity contribution is 5.77. The number of rotatable bonds is 3. The van der Waals surface area contributed by atoms with Crippen molar-refractivity contribution < 1.29 is 19.4 Å². The van der Waals surface area contributed by atoms with Gasteiger partial charge in [-0.1, -0.05) is 0 Å². The number of hydrogen-bond acceptors (Lipinski definition) is 3. The van der Waals surface area contributed by atoms with E-state index in [9.17, 15) is 9.59 Å². The van der Waals surface area contributed by atoms with Gasteiger partial charge in [0.2, 0.25) is 0 Å². The average molecular weight is 284 g/mol. The van der Waals surface area contributed by atoms with Crippen LogP contribution in [-0.2, 0) is 9.53 Å². The number of urea groups is 1. The Kier molecular flexibility index (Phi) is 4.52. The van der Waals surface area contributed by atoms with Gasteiger partial charge in [0.15, 0.2) is 0 Å². The summed E-state index contributed by atoms with van der Waals surface area (Å²) in [5.41, 5.74) is -0.115. The highest BCUT2D eigenvalue weighted by atomic mass is 16.5. The maximum Gasteiger partial charge on any atom is 0.317 e. The molecule has 0 bridgehead atoms. The van der Waals surface area contributed by atoms with E-state index in [0.717, 1.165) is 19.4 Å². The number of aliphatic carboxylic acids is 1. The van der Waals surface area contributed by atoms with Crippen molar-refractivity contribution in [2.45, 2.75) is 38.7 Å². The minimum absolute atomic E-state index is 0.115. The molecule has 2 N–H and O–H groups in total. The van der Waals surface area contributed by atoms with Crippen molar-refractivity contribution in [3.63, 3.8) is 0 Å². The smallest absolute Gasteiger partial charge is 0.317 e. The number of ether oxygens (including phenoxy) is 1. The largest absolute Gasteiger partial charge is 0.481 e. The summed E-state index contributed by atoms with van der Waals surface area (Å²) in [7, 11) is 0. The number of hydrogen-bond donors (Lipinski definition) is 2. The molecule has 0 radical (unpaired) electrons. The van der Waals surface area contributed by atoms with E-state index in [4.69, 9.17) is 9.84 Å². The molecule has 114 valence electrons. The molecule has 20 heavy (non-hydrogen) atoms. The monoisotopic (exact) mass is 284 g/mol. The molecule has 2 aliphatic rings. The molecule has 0 saturated carbocycles. The Balaban J connectivity index is 1.74. The summed E-state index contributed by atoms with van der Waals surface area (Å²) in [5, 5.41) is 11.9. The highest BCUT2D eigenvalue weighted by Gasteiger charge is 2.32. The fourth-order valence-corrected chi connectivity index (χ4v) is 3.02. The maximum absolute atomic E-state index is 12.0. The third-order valence-electron chi connectivity index (χ3n) is 4.17. The molecule has 6 nitrogen and oxygen atoms in total. The van der Waals surface area contributed by atoms with E-state index in [1.165, 1.54) is 0 Å². The molecule has 0 aromatic rings. The lowest BCUT2D eigenvalue weighted by Gasteiger charge is -2.35. The number of carboxylic acids is 1. The van der Waals surface area contributed by atoms with Crippen LogP contribution in [0.25, 0.3) is 0 Å². The van der Waals surface area contributed by atoms with Crippen molar-refractivity contribution in [3.05, 3.63) is 0 Å². The first-order chi connectivity index (χ1) is 9.37. The summed E-state index contributed by atoms with van der Waals surface area (Å²) in [4.78, 5) is 24.5. The first kappa shape index (κ1) is 15.1. The van der Waals surface area contributed by atoms with Crippen LogP contribution >= 0.6 is 0 Å². The number of carbonyl (C=O) groups is 2. The molecule has 2 atom stereocenters. The van der Waals surface area contributed by atoms with E-state index in [-0.39, 0.29) is 11.6 Å². The minimum Gasteiger partial charge on any atom is -0.481 e. The van der Waals surface area contributed by atoms with Crippen molar-refractivity contribution in [1.29, 1.82) is 0 Å². The second kappa shape index (κ2) is 5.99. The molecule has 0 aliphatic carbocycles. The van der Waals surface area contributed by atoms with Crippen LogP contribution in [-0.4, -0.2) is 53.8 Å². The number of carbonyl (C=O) groups excluding carboxylic acids is 1. The Bertz CT molecular complexity index is 383. The van der Waals surface area contributed by atoms with Gasteiger partial charge in [0.25, 0.3) is 0 Å². The molecule has 2 heterocycles. The maximum atomic E-state index is 12.0. The Hall–Kier alpha value is -1.30. The van der Waals surface area contributed by atoms with Gasteiger partial charge in [-0.15, -0.1) is 0 Å². The van der Waals surface area contributed by atoms with Gasteiger partial charge in [0.1, 0.15) is 0 Å². The van der Waals surface area contributed by atoms with Crippen molar-refractivity contribution >= 4 is 12.0 Å². The fourth-order valence-electron chi connectivity index (χ4n) is 3.02. The average Bonchev–Trinajstić information content (AvgIpc) is 2.84. The highest BCUT2D eigenvalue weighted by Crippen LogP contribution is 2.28. The molecule has 2 rings (SSSR count). The summed E-state index contributed by atoms with van der Waals surface area (Å²) < 4.78 is 5.65. The zero-order chi connectivity index (χ0) is 14.8. The summed E-state index contributed by atoms with van der Waals surface area (Å²) >= 11 is 0. The van der Waals surface area contributed by atoms with Crippen LogP contribution in [0.2, 0.25) is 0 Å². The Morgan fingerprint density at radius 1 is 1.40 bits per heavy atom. The quantitative estimate of drug-likeness (QED) is 0.819. The van der Waals surface area contributed by atoms with Crippen molar-refractivity contribution in [2.24, 2.45) is 11.8 Å². The lowest BCUT2D eigenvalue weighted by molar-refractivity contribution is -0.141. The van der Waals surface area contributed by atoms with Crippen LogP contribution < -0.4 is 5.32 Å². The van der Waals surface area contributed by atoms with E-state index < -0.39 is 11.9 Å². The Morgan fingerprint density at radius 3 is 2.75 bits per heavy atom. The van der Waals surface area contributed by atoms with Gasteiger partial charge in [0.05, 0.1) is 11.5 Å². The lowest BCUT2D eigenvalue weighted by Crippen LogP contribution is -2.44. The molecule has 2 fully saturated rings. The van der Waals surface area contributed by atoms with Crippen molar-refractivity contribution in [2.75, 3.05) is 26.2 Å². The fraction of sp³-hybridized carbons (Fsp3) is 0.857. The van der Waals surface area contributed by atoms with Crippen LogP contribution in [0.4, 0.5) is 4.79 Å². The van der Waals surface area contributed by atoms with E-state index in [0.29, 0.717) is 32.0 Å². The third kappa shape index (κ3) is 3.85. The second-order valence-corrected chi connectivity index (χ2v) is 6.42. The molecule has 6 heteroatoms. The van der Waals surface area contributed by atoms with Gasteiger partial charge < -0.3 is 20.1 Å². The van der Waals surface area contributed by atoms with E-state index in [2.05, 4.69) is 19.2 Å². The summed E-state index contributed by atoms with van der Waals surface area (Å²) in [6.07, 6.45) is 2.44. The molecule has 0 spiro atoms. The van der Waals surface area contributed by atoms with Crippen LogP contribution in [0.1, 0.15) is 33.1 Å². The first-order valence-electron chi connectivity index (χ1n) is 7.27. The molecular formula is C14H24N2O4. The molecule has 2 aliphatic heterocycles. The SMILES string of the molecule is CC1(C)CC(CNC(=O)N2CCC(C(=O)O)C2)CCO1. The molecule has 2 unspecified atom stereocenters. The van der Waals surface area contributed by atoms with Crippen LogP contribution in [0, 0.1) is 11.8 Å². The number of carboxylic acid groups (broad SMARTS) is 1. The normalized spacial score (nSPS) is 29.2. The van der Waals surface area contributed by atoms with Crippen molar-refractivity contribution in [3.8, 4) is 0 Å². The first-order valence-corrected chi connectivity index (χ1v) is 7.27. The van der Waals surface area contributed by atoms with Gasteiger partial charge in [-0.05, 0) is 39.0 Å². The third-order valence-corrected chi connectivity index (χ3v) is 4.17. The van der Waals surface area contributed by atoms with Gasteiger partial charge >= 0.3 is 12.0 Å². The number of nitrogens with zero attached hydrogens (tertiary/aromatic N) is 1. The van der Waals surface area contributed by atoms with Gasteiger partial charge in [-0.3, -0.25) is 4.79 Å². The molecule has 2 saturated heterocycles. The number of nitrogens with one attached hydrogen (secondary N) is 1. The van der Waals surface area contributed by atoms with Crippen LogP contribution in [0.5, 0.6) is 0 Å². The molecule has 0 aromatic carbocycles. The Morgan fingerprint density at radius 2 is 2.15 bits per heavy atom. The number of likely N-dealkylation sites (tertiary alicyclic amines) is 1. The minimum atomic E-state index is -0.813. The topological polar surface area (TPSA) is 78.9 Å². The van der Waals surface area contributed by atoms with E-state index >= 15 is 0 Å². The summed E-state index contributed by atoms with van der Waals surface area (Å²) in [5.74, 6) is -0.796. The molecular weight excluding hydrogens is 260 g/mol. The standard InChI is InChI=1S/C14H24N2O4/c1-14(2)7-10(4-6-20-14)8-15-13(19)16-5-3-11(9-16)12(17)18/h10-11H,3-9H2,1-2H3,(H,15,19)(H,17,18). The summed E-state index contributed by atoms with van der Waals surface area (Å²) in [6, 6.07) is -0.141. The predicted molar refractivity (Wildman–Crippen MR) is 73.5 cm³/mol. The van der Waals surface area contributed by atoms with E-state index in [1.807, 2.05) is 0 Å². The van der Waals surface area contributed by atoms with Gasteiger partial charge in [-0.25, -0.2) is 4.79 Å². The van der Waals surface area contributed by atoms with Gasteiger partial charge in [0, 0.05) is 26.2 Å². The molecule has 0 aromatic heterocycles. The lowest BCUT2D eigenvalue weighted by atomic mass is 9.88. The predicted octanol–water partition coefficient (Wildman–Crippen LogP) is 1.31. The zero-order valence-electron chi connectivity index (χ0n) is 12.2. The Labute approximate surface area is 119 Å².